The number of rotatable bonds is 5. The Balaban J connectivity index is 0.000000817. The van der Waals surface area contributed by atoms with E-state index < -0.39 is 0 Å². The summed E-state index contributed by atoms with van der Waals surface area (Å²) < 4.78 is 6.23. The van der Waals surface area contributed by atoms with Gasteiger partial charge in [-0.05, 0) is 57.8 Å². The highest BCUT2D eigenvalue weighted by Crippen LogP contribution is 2.40. The Morgan fingerprint density at radius 2 is 1.85 bits per heavy atom. The second-order valence-corrected chi connectivity index (χ2v) is 8.90. The molecular formula is C21H38N2O4. The number of carboxylic acid groups (broad SMARTS) is 1. The predicted molar refractivity (Wildman–Crippen MR) is 106 cm³/mol. The first-order valence-corrected chi connectivity index (χ1v) is 10.7. The molecule has 2 aliphatic heterocycles. The molecule has 3 fully saturated rings. The van der Waals surface area contributed by atoms with E-state index in [0.29, 0.717) is 12.3 Å². The molecule has 6 nitrogen and oxygen atoms in total. The highest BCUT2D eigenvalue weighted by atomic mass is 16.5. The SMILES string of the molecule is CC(C)NC(=O)CC1COC2(CCN(CC3CCCCC3)CC2)C1.O=CO. The molecule has 2 N–H and O–H groups in total. The van der Waals surface area contributed by atoms with Crippen molar-refractivity contribution in [2.45, 2.75) is 83.3 Å². The number of hydrogen-bond donors (Lipinski definition) is 2. The number of amides is 1. The van der Waals surface area contributed by atoms with Crippen LogP contribution in [-0.4, -0.2) is 60.3 Å². The van der Waals surface area contributed by atoms with Crippen LogP contribution in [0.25, 0.3) is 0 Å². The Labute approximate surface area is 164 Å². The van der Waals surface area contributed by atoms with Gasteiger partial charge in [0, 0.05) is 32.1 Å². The lowest BCUT2D eigenvalue weighted by Crippen LogP contribution is -2.45. The van der Waals surface area contributed by atoms with Gasteiger partial charge in [-0.25, -0.2) is 0 Å². The fourth-order valence-electron chi connectivity index (χ4n) is 4.94. The van der Waals surface area contributed by atoms with Gasteiger partial charge in [-0.3, -0.25) is 9.59 Å². The van der Waals surface area contributed by atoms with Gasteiger partial charge in [-0.1, -0.05) is 19.3 Å². The third-order valence-electron chi connectivity index (χ3n) is 6.22. The van der Waals surface area contributed by atoms with Gasteiger partial charge in [-0.2, -0.15) is 0 Å². The van der Waals surface area contributed by atoms with Gasteiger partial charge >= 0.3 is 0 Å². The Morgan fingerprint density at radius 3 is 2.44 bits per heavy atom. The summed E-state index contributed by atoms with van der Waals surface area (Å²) in [4.78, 5) is 23.0. The molecule has 1 spiro atoms. The van der Waals surface area contributed by atoms with Gasteiger partial charge in [0.1, 0.15) is 0 Å². The number of carbonyl (C=O) groups is 2. The molecule has 0 radical (unpaired) electrons. The van der Waals surface area contributed by atoms with E-state index in [-0.39, 0.29) is 24.0 Å². The highest BCUT2D eigenvalue weighted by molar-refractivity contribution is 5.76. The molecular weight excluding hydrogens is 344 g/mol. The van der Waals surface area contributed by atoms with E-state index in [1.807, 2.05) is 13.8 Å². The number of carbonyl (C=O) groups excluding carboxylic acids is 1. The Morgan fingerprint density at radius 1 is 1.22 bits per heavy atom. The summed E-state index contributed by atoms with van der Waals surface area (Å²) in [5.41, 5.74) is 0.0752. The molecule has 156 valence electrons. The lowest BCUT2D eigenvalue weighted by molar-refractivity contribution is -0.123. The maximum Gasteiger partial charge on any atom is 0.290 e. The van der Waals surface area contributed by atoms with Gasteiger partial charge in [0.05, 0.1) is 12.2 Å². The van der Waals surface area contributed by atoms with Crippen LogP contribution in [0.15, 0.2) is 0 Å². The molecule has 0 aromatic carbocycles. The molecule has 1 unspecified atom stereocenters. The van der Waals surface area contributed by atoms with E-state index in [1.54, 1.807) is 0 Å². The normalized spacial score (nSPS) is 25.8. The van der Waals surface area contributed by atoms with Crippen molar-refractivity contribution in [1.82, 2.24) is 10.2 Å². The summed E-state index contributed by atoms with van der Waals surface area (Å²) in [6.45, 7) is 8.23. The summed E-state index contributed by atoms with van der Waals surface area (Å²) in [6.07, 6.45) is 11.2. The van der Waals surface area contributed by atoms with Gasteiger partial charge in [0.25, 0.3) is 6.47 Å². The smallest absolute Gasteiger partial charge is 0.290 e. The van der Waals surface area contributed by atoms with Crippen LogP contribution >= 0.6 is 0 Å². The Bertz CT molecular complexity index is 455. The van der Waals surface area contributed by atoms with Crippen molar-refractivity contribution in [2.24, 2.45) is 11.8 Å². The minimum absolute atomic E-state index is 0.0752. The van der Waals surface area contributed by atoms with Crippen LogP contribution in [0.3, 0.4) is 0 Å². The van der Waals surface area contributed by atoms with Crippen molar-refractivity contribution in [2.75, 3.05) is 26.2 Å². The van der Waals surface area contributed by atoms with Gasteiger partial charge < -0.3 is 20.1 Å². The van der Waals surface area contributed by atoms with Crippen LogP contribution in [0.1, 0.15) is 71.6 Å². The maximum atomic E-state index is 12.0. The molecule has 0 aromatic heterocycles. The van der Waals surface area contributed by atoms with Gasteiger partial charge in [0.15, 0.2) is 0 Å². The molecule has 3 rings (SSSR count). The number of likely N-dealkylation sites (tertiary alicyclic amines) is 1. The first kappa shape index (κ1) is 22.2. The van der Waals surface area contributed by atoms with Crippen LogP contribution in [0.4, 0.5) is 0 Å². The van der Waals surface area contributed by atoms with E-state index in [4.69, 9.17) is 14.6 Å². The number of piperidine rings is 1. The van der Waals surface area contributed by atoms with Gasteiger partial charge in [0.2, 0.25) is 5.91 Å². The maximum absolute atomic E-state index is 12.0. The summed E-state index contributed by atoms with van der Waals surface area (Å²) in [7, 11) is 0. The van der Waals surface area contributed by atoms with Crippen LogP contribution < -0.4 is 5.32 Å². The standard InChI is InChI=1S/C20H36N2O2.CH2O2/c1-16(2)21-19(23)12-18-13-20(24-15-18)8-10-22(11-9-20)14-17-6-4-3-5-7-17;2-1-3/h16-18H,3-15H2,1-2H3,(H,21,23);1H,(H,2,3). The average molecular weight is 383 g/mol. The molecule has 1 aliphatic carbocycles. The van der Waals surface area contributed by atoms with E-state index >= 15 is 0 Å². The van der Waals surface area contributed by atoms with Crippen LogP contribution in [0.2, 0.25) is 0 Å². The molecule has 6 heteroatoms. The first-order chi connectivity index (χ1) is 13.0. The fraction of sp³-hybridized carbons (Fsp3) is 0.905. The lowest BCUT2D eigenvalue weighted by Gasteiger charge is -2.40. The van der Waals surface area contributed by atoms with Crippen LogP contribution in [-0.2, 0) is 14.3 Å². The van der Waals surface area contributed by atoms with E-state index in [2.05, 4.69) is 10.2 Å². The zero-order chi connectivity index (χ0) is 19.7. The molecule has 2 heterocycles. The summed E-state index contributed by atoms with van der Waals surface area (Å²) in [6, 6.07) is 0.233. The summed E-state index contributed by atoms with van der Waals surface area (Å²) in [5.74, 6) is 1.53. The van der Waals surface area contributed by atoms with Crippen molar-refractivity contribution in [3.05, 3.63) is 0 Å². The molecule has 27 heavy (non-hydrogen) atoms. The molecule has 0 aromatic rings. The molecule has 1 saturated carbocycles. The van der Waals surface area contributed by atoms with E-state index in [0.717, 1.165) is 31.8 Å². The minimum atomic E-state index is -0.250. The zero-order valence-corrected chi connectivity index (χ0v) is 17.1. The number of nitrogens with one attached hydrogen (secondary N) is 1. The van der Waals surface area contributed by atoms with Crippen molar-refractivity contribution >= 4 is 12.4 Å². The lowest BCUT2D eigenvalue weighted by atomic mass is 9.83. The number of ether oxygens (including phenoxy) is 1. The van der Waals surface area contributed by atoms with Crippen LogP contribution in [0, 0.1) is 11.8 Å². The topological polar surface area (TPSA) is 78.9 Å². The predicted octanol–water partition coefficient (Wildman–Crippen LogP) is 3.05. The average Bonchev–Trinajstić information content (AvgIpc) is 3.00. The second kappa shape index (κ2) is 11.0. The molecule has 3 aliphatic rings. The third-order valence-corrected chi connectivity index (χ3v) is 6.22. The summed E-state index contributed by atoms with van der Waals surface area (Å²) >= 11 is 0. The molecule has 2 saturated heterocycles. The van der Waals surface area contributed by atoms with E-state index in [1.165, 1.54) is 51.7 Å². The van der Waals surface area contributed by atoms with Crippen molar-refractivity contribution in [3.8, 4) is 0 Å². The number of hydrogen-bond acceptors (Lipinski definition) is 4. The Hall–Kier alpha value is -1.14. The van der Waals surface area contributed by atoms with Crippen molar-refractivity contribution in [1.29, 1.82) is 0 Å². The van der Waals surface area contributed by atoms with Crippen LogP contribution in [0.5, 0.6) is 0 Å². The summed E-state index contributed by atoms with van der Waals surface area (Å²) in [5, 5.41) is 9.90. The quantitative estimate of drug-likeness (QED) is 0.715. The first-order valence-electron chi connectivity index (χ1n) is 10.7. The highest BCUT2D eigenvalue weighted by Gasteiger charge is 2.43. The van der Waals surface area contributed by atoms with E-state index in [9.17, 15) is 4.79 Å². The largest absolute Gasteiger partial charge is 0.483 e. The fourth-order valence-corrected chi connectivity index (χ4v) is 4.94. The Kier molecular flexibility index (Phi) is 9.03. The third kappa shape index (κ3) is 7.41. The number of nitrogens with zero attached hydrogens (tertiary/aromatic N) is 1. The zero-order valence-electron chi connectivity index (χ0n) is 17.1. The van der Waals surface area contributed by atoms with Gasteiger partial charge in [-0.15, -0.1) is 0 Å². The molecule has 0 bridgehead atoms. The molecule has 1 atom stereocenters. The van der Waals surface area contributed by atoms with Crippen molar-refractivity contribution < 1.29 is 19.4 Å². The second-order valence-electron chi connectivity index (χ2n) is 8.90. The monoisotopic (exact) mass is 382 g/mol. The van der Waals surface area contributed by atoms with Crippen molar-refractivity contribution in [3.63, 3.8) is 0 Å². The molecule has 1 amide bonds. The minimum Gasteiger partial charge on any atom is -0.483 e.